The SMILES string of the molecule is C[C@]1(CCCO)C[C@H]1COCc1ccccc1. The van der Waals surface area contributed by atoms with Crippen molar-refractivity contribution in [2.24, 2.45) is 11.3 Å². The second kappa shape index (κ2) is 5.65. The zero-order valence-corrected chi connectivity index (χ0v) is 10.6. The van der Waals surface area contributed by atoms with E-state index >= 15 is 0 Å². The van der Waals surface area contributed by atoms with Crippen molar-refractivity contribution in [2.75, 3.05) is 13.2 Å². The molecule has 0 aromatic heterocycles. The van der Waals surface area contributed by atoms with E-state index in [2.05, 4.69) is 19.1 Å². The Morgan fingerprint density at radius 2 is 2.12 bits per heavy atom. The van der Waals surface area contributed by atoms with Crippen LogP contribution in [0, 0.1) is 11.3 Å². The monoisotopic (exact) mass is 234 g/mol. The first-order valence-electron chi connectivity index (χ1n) is 6.47. The molecule has 2 heteroatoms. The average Bonchev–Trinajstić information content (AvgIpc) is 3.00. The van der Waals surface area contributed by atoms with E-state index in [9.17, 15) is 0 Å². The normalized spacial score (nSPS) is 27.1. The first-order chi connectivity index (χ1) is 8.24. The second-order valence-corrected chi connectivity index (χ2v) is 5.38. The maximum absolute atomic E-state index is 8.84. The summed E-state index contributed by atoms with van der Waals surface area (Å²) in [7, 11) is 0. The van der Waals surface area contributed by atoms with Crippen molar-refractivity contribution in [3.8, 4) is 0 Å². The van der Waals surface area contributed by atoms with Crippen molar-refractivity contribution >= 4 is 0 Å². The molecule has 1 aliphatic carbocycles. The van der Waals surface area contributed by atoms with E-state index in [1.54, 1.807) is 0 Å². The van der Waals surface area contributed by atoms with Crippen LogP contribution >= 0.6 is 0 Å². The van der Waals surface area contributed by atoms with Gasteiger partial charge in [0.1, 0.15) is 0 Å². The molecule has 94 valence electrons. The maximum Gasteiger partial charge on any atom is 0.0717 e. The van der Waals surface area contributed by atoms with Crippen LogP contribution in [0.1, 0.15) is 31.7 Å². The highest BCUT2D eigenvalue weighted by Gasteiger charge is 2.48. The van der Waals surface area contributed by atoms with Gasteiger partial charge in [-0.2, -0.15) is 0 Å². The van der Waals surface area contributed by atoms with E-state index in [0.29, 0.717) is 24.5 Å². The highest BCUT2D eigenvalue weighted by Crippen LogP contribution is 2.55. The summed E-state index contributed by atoms with van der Waals surface area (Å²) in [6.07, 6.45) is 3.30. The molecule has 1 saturated carbocycles. The van der Waals surface area contributed by atoms with Crippen molar-refractivity contribution in [2.45, 2.75) is 32.8 Å². The van der Waals surface area contributed by atoms with E-state index in [4.69, 9.17) is 9.84 Å². The van der Waals surface area contributed by atoms with Gasteiger partial charge in [0.05, 0.1) is 13.2 Å². The lowest BCUT2D eigenvalue weighted by Crippen LogP contribution is -2.05. The van der Waals surface area contributed by atoms with E-state index in [1.807, 2.05) is 18.2 Å². The zero-order valence-electron chi connectivity index (χ0n) is 10.6. The quantitative estimate of drug-likeness (QED) is 0.786. The zero-order chi connectivity index (χ0) is 12.1. The number of ether oxygens (including phenoxy) is 1. The van der Waals surface area contributed by atoms with Crippen LogP contribution < -0.4 is 0 Å². The van der Waals surface area contributed by atoms with Gasteiger partial charge >= 0.3 is 0 Å². The molecule has 2 rings (SSSR count). The van der Waals surface area contributed by atoms with E-state index in [-0.39, 0.29) is 0 Å². The van der Waals surface area contributed by atoms with Crippen LogP contribution in [0.25, 0.3) is 0 Å². The fourth-order valence-corrected chi connectivity index (χ4v) is 2.45. The Bertz CT molecular complexity index is 336. The number of hydrogen-bond acceptors (Lipinski definition) is 2. The Kier molecular flexibility index (Phi) is 4.19. The standard InChI is InChI=1S/C15H22O2/c1-15(8-5-9-16)10-14(15)12-17-11-13-6-3-2-4-7-13/h2-4,6-7,14,16H,5,8-12H2,1H3/t14-,15-/m0/s1. The van der Waals surface area contributed by atoms with Crippen molar-refractivity contribution in [3.05, 3.63) is 35.9 Å². The van der Waals surface area contributed by atoms with Crippen LogP contribution in [0.5, 0.6) is 0 Å². The Morgan fingerprint density at radius 3 is 2.82 bits per heavy atom. The molecular weight excluding hydrogens is 212 g/mol. The van der Waals surface area contributed by atoms with Crippen LogP contribution in [0.15, 0.2) is 30.3 Å². The summed E-state index contributed by atoms with van der Waals surface area (Å²) in [6.45, 7) is 4.19. The van der Waals surface area contributed by atoms with Crippen LogP contribution in [0.3, 0.4) is 0 Å². The smallest absolute Gasteiger partial charge is 0.0717 e. The Balaban J connectivity index is 1.64. The van der Waals surface area contributed by atoms with Gasteiger partial charge in [0.2, 0.25) is 0 Å². The van der Waals surface area contributed by atoms with E-state index in [0.717, 1.165) is 19.4 Å². The van der Waals surface area contributed by atoms with Gasteiger partial charge in [-0.05, 0) is 36.2 Å². The largest absolute Gasteiger partial charge is 0.396 e. The van der Waals surface area contributed by atoms with Gasteiger partial charge in [0, 0.05) is 6.61 Å². The molecule has 1 aromatic rings. The molecule has 0 spiro atoms. The molecule has 1 fully saturated rings. The minimum atomic E-state index is 0.313. The molecule has 0 unspecified atom stereocenters. The lowest BCUT2D eigenvalue weighted by molar-refractivity contribution is 0.101. The Hall–Kier alpha value is -0.860. The average molecular weight is 234 g/mol. The molecule has 2 atom stereocenters. The second-order valence-electron chi connectivity index (χ2n) is 5.38. The van der Waals surface area contributed by atoms with Crippen LogP contribution in [0.2, 0.25) is 0 Å². The van der Waals surface area contributed by atoms with Gasteiger partial charge in [-0.25, -0.2) is 0 Å². The molecule has 0 saturated heterocycles. The summed E-state index contributed by atoms with van der Waals surface area (Å²) in [6, 6.07) is 10.3. The predicted molar refractivity (Wildman–Crippen MR) is 68.6 cm³/mol. The summed E-state index contributed by atoms with van der Waals surface area (Å²) in [5.74, 6) is 0.692. The predicted octanol–water partition coefficient (Wildman–Crippen LogP) is 3.00. The van der Waals surface area contributed by atoms with Crippen LogP contribution in [-0.4, -0.2) is 18.3 Å². The van der Waals surface area contributed by atoms with Gasteiger partial charge in [0.25, 0.3) is 0 Å². The third-order valence-corrected chi connectivity index (χ3v) is 3.87. The van der Waals surface area contributed by atoms with Gasteiger partial charge in [-0.15, -0.1) is 0 Å². The maximum atomic E-state index is 8.84. The third-order valence-electron chi connectivity index (χ3n) is 3.87. The number of aliphatic hydroxyl groups is 1. The number of benzene rings is 1. The Labute approximate surface area is 104 Å². The summed E-state index contributed by atoms with van der Waals surface area (Å²) in [5.41, 5.74) is 1.67. The van der Waals surface area contributed by atoms with Gasteiger partial charge in [-0.3, -0.25) is 0 Å². The highest BCUT2D eigenvalue weighted by molar-refractivity contribution is 5.13. The number of hydrogen-bond donors (Lipinski definition) is 1. The fourth-order valence-electron chi connectivity index (χ4n) is 2.45. The van der Waals surface area contributed by atoms with Crippen molar-refractivity contribution in [3.63, 3.8) is 0 Å². The summed E-state index contributed by atoms with van der Waals surface area (Å²) in [5, 5.41) is 8.84. The lowest BCUT2D eigenvalue weighted by atomic mass is 10.0. The topological polar surface area (TPSA) is 29.5 Å². The van der Waals surface area contributed by atoms with Gasteiger partial charge in [0.15, 0.2) is 0 Å². The number of rotatable bonds is 7. The first-order valence-corrected chi connectivity index (χ1v) is 6.47. The van der Waals surface area contributed by atoms with Crippen molar-refractivity contribution in [1.29, 1.82) is 0 Å². The van der Waals surface area contributed by atoms with E-state index in [1.165, 1.54) is 12.0 Å². The Morgan fingerprint density at radius 1 is 1.35 bits per heavy atom. The molecule has 0 amide bonds. The molecule has 1 aromatic carbocycles. The minimum Gasteiger partial charge on any atom is -0.396 e. The van der Waals surface area contributed by atoms with Gasteiger partial charge < -0.3 is 9.84 Å². The molecule has 17 heavy (non-hydrogen) atoms. The fraction of sp³-hybridized carbons (Fsp3) is 0.600. The van der Waals surface area contributed by atoms with Gasteiger partial charge in [-0.1, -0.05) is 37.3 Å². The van der Waals surface area contributed by atoms with Crippen molar-refractivity contribution < 1.29 is 9.84 Å². The molecule has 1 aliphatic rings. The molecule has 0 radical (unpaired) electrons. The molecule has 2 nitrogen and oxygen atoms in total. The molecule has 0 heterocycles. The molecule has 0 bridgehead atoms. The lowest BCUT2D eigenvalue weighted by Gasteiger charge is -2.10. The van der Waals surface area contributed by atoms with E-state index < -0.39 is 0 Å². The van der Waals surface area contributed by atoms with Crippen LogP contribution in [-0.2, 0) is 11.3 Å². The van der Waals surface area contributed by atoms with Crippen molar-refractivity contribution in [1.82, 2.24) is 0 Å². The highest BCUT2D eigenvalue weighted by atomic mass is 16.5. The number of aliphatic hydroxyl groups excluding tert-OH is 1. The molecule has 1 N–H and O–H groups in total. The minimum absolute atomic E-state index is 0.313. The molecule has 0 aliphatic heterocycles. The summed E-state index contributed by atoms with van der Waals surface area (Å²) >= 11 is 0. The summed E-state index contributed by atoms with van der Waals surface area (Å²) in [4.78, 5) is 0. The van der Waals surface area contributed by atoms with Crippen LogP contribution in [0.4, 0.5) is 0 Å². The first kappa shape index (κ1) is 12.6. The summed E-state index contributed by atoms with van der Waals surface area (Å²) < 4.78 is 5.76. The third kappa shape index (κ3) is 3.55. The molecular formula is C15H22O2.